The molecule has 108 valence electrons. The fraction of sp³-hybridized carbons (Fsp3) is 0.400. The summed E-state index contributed by atoms with van der Waals surface area (Å²) < 4.78 is 1.81. The fourth-order valence-electron chi connectivity index (χ4n) is 1.86. The second-order valence-corrected chi connectivity index (χ2v) is 6.78. The standard InChI is InChI=1S/C15H20ClN3S/c1-11(2)7-17-8-12-6-13(16)4-5-15(12)20-14-9-18-19(3)10-14/h4-6,9-11,17H,7-8H2,1-3H3. The SMILES string of the molecule is CC(C)CNCc1cc(Cl)ccc1Sc1cnn(C)c1. The summed E-state index contributed by atoms with van der Waals surface area (Å²) in [6.45, 7) is 6.25. The second kappa shape index (κ2) is 7.16. The first-order valence-electron chi connectivity index (χ1n) is 6.70. The van der Waals surface area contributed by atoms with Gasteiger partial charge in [-0.25, -0.2) is 0 Å². The van der Waals surface area contributed by atoms with Gasteiger partial charge in [-0.1, -0.05) is 37.2 Å². The molecule has 0 bridgehead atoms. The summed E-state index contributed by atoms with van der Waals surface area (Å²) in [5.74, 6) is 0.642. The van der Waals surface area contributed by atoms with Crippen molar-refractivity contribution in [2.45, 2.75) is 30.2 Å². The largest absolute Gasteiger partial charge is 0.312 e. The molecule has 0 aliphatic carbocycles. The lowest BCUT2D eigenvalue weighted by atomic mass is 10.2. The van der Waals surface area contributed by atoms with Gasteiger partial charge in [-0.3, -0.25) is 4.68 Å². The third-order valence-corrected chi connectivity index (χ3v) is 4.10. The minimum atomic E-state index is 0.642. The third kappa shape index (κ3) is 4.54. The van der Waals surface area contributed by atoms with Crippen LogP contribution in [0.2, 0.25) is 5.02 Å². The normalized spacial score (nSPS) is 11.2. The van der Waals surface area contributed by atoms with E-state index in [0.29, 0.717) is 5.92 Å². The highest BCUT2D eigenvalue weighted by Crippen LogP contribution is 2.31. The van der Waals surface area contributed by atoms with Gasteiger partial charge < -0.3 is 5.32 Å². The molecule has 1 N–H and O–H groups in total. The Bertz CT molecular complexity index is 566. The molecule has 0 unspecified atom stereocenters. The van der Waals surface area contributed by atoms with Gasteiger partial charge in [0, 0.05) is 29.7 Å². The molecule has 1 aromatic heterocycles. The first-order valence-corrected chi connectivity index (χ1v) is 7.89. The molecule has 3 nitrogen and oxygen atoms in total. The average Bonchev–Trinajstić information content (AvgIpc) is 2.78. The zero-order valence-electron chi connectivity index (χ0n) is 12.1. The van der Waals surface area contributed by atoms with E-state index in [1.807, 2.05) is 36.3 Å². The monoisotopic (exact) mass is 309 g/mol. The van der Waals surface area contributed by atoms with E-state index in [1.165, 1.54) is 10.5 Å². The van der Waals surface area contributed by atoms with Gasteiger partial charge in [-0.15, -0.1) is 0 Å². The highest BCUT2D eigenvalue weighted by molar-refractivity contribution is 7.99. The Labute approximate surface area is 129 Å². The molecule has 0 aliphatic heterocycles. The molecule has 20 heavy (non-hydrogen) atoms. The minimum absolute atomic E-state index is 0.642. The van der Waals surface area contributed by atoms with E-state index in [4.69, 9.17) is 11.6 Å². The number of hydrogen-bond donors (Lipinski definition) is 1. The number of hydrogen-bond acceptors (Lipinski definition) is 3. The number of halogens is 1. The Morgan fingerprint density at radius 3 is 2.85 bits per heavy atom. The van der Waals surface area contributed by atoms with Crippen molar-refractivity contribution >= 4 is 23.4 Å². The van der Waals surface area contributed by atoms with Crippen molar-refractivity contribution in [3.63, 3.8) is 0 Å². The summed E-state index contributed by atoms with van der Waals surface area (Å²) in [7, 11) is 1.93. The van der Waals surface area contributed by atoms with Crippen LogP contribution in [0.3, 0.4) is 0 Å². The Hall–Kier alpha value is -0.970. The van der Waals surface area contributed by atoms with Crippen LogP contribution in [-0.4, -0.2) is 16.3 Å². The summed E-state index contributed by atoms with van der Waals surface area (Å²) >= 11 is 7.83. The molecular formula is C15H20ClN3S. The van der Waals surface area contributed by atoms with Crippen molar-refractivity contribution in [2.24, 2.45) is 13.0 Å². The molecule has 0 aliphatic rings. The number of nitrogens with one attached hydrogen (secondary N) is 1. The maximum absolute atomic E-state index is 6.11. The number of aromatic nitrogens is 2. The van der Waals surface area contributed by atoms with Crippen LogP contribution in [0.15, 0.2) is 40.4 Å². The zero-order valence-corrected chi connectivity index (χ0v) is 13.6. The van der Waals surface area contributed by atoms with E-state index in [0.717, 1.165) is 23.0 Å². The van der Waals surface area contributed by atoms with Crippen LogP contribution in [0, 0.1) is 5.92 Å². The van der Waals surface area contributed by atoms with Crippen LogP contribution in [0.4, 0.5) is 0 Å². The van der Waals surface area contributed by atoms with E-state index < -0.39 is 0 Å². The van der Waals surface area contributed by atoms with Crippen molar-refractivity contribution < 1.29 is 0 Å². The van der Waals surface area contributed by atoms with E-state index in [9.17, 15) is 0 Å². The second-order valence-electron chi connectivity index (χ2n) is 5.23. The molecule has 2 rings (SSSR count). The topological polar surface area (TPSA) is 29.9 Å². The fourth-order valence-corrected chi connectivity index (χ4v) is 3.01. The summed E-state index contributed by atoms with van der Waals surface area (Å²) in [5, 5.41) is 8.45. The van der Waals surface area contributed by atoms with Crippen LogP contribution in [-0.2, 0) is 13.6 Å². The van der Waals surface area contributed by atoms with Gasteiger partial charge in [0.05, 0.1) is 11.1 Å². The highest BCUT2D eigenvalue weighted by atomic mass is 35.5. The first-order chi connectivity index (χ1) is 9.54. The van der Waals surface area contributed by atoms with Crippen molar-refractivity contribution in [1.29, 1.82) is 0 Å². The molecular weight excluding hydrogens is 290 g/mol. The Morgan fingerprint density at radius 2 is 2.20 bits per heavy atom. The number of aryl methyl sites for hydroxylation is 1. The summed E-state index contributed by atoms with van der Waals surface area (Å²) in [6.07, 6.45) is 3.90. The van der Waals surface area contributed by atoms with Gasteiger partial charge in [-0.05, 0) is 36.2 Å². The molecule has 0 amide bonds. The van der Waals surface area contributed by atoms with E-state index >= 15 is 0 Å². The molecule has 1 heterocycles. The number of nitrogens with zero attached hydrogens (tertiary/aromatic N) is 2. The third-order valence-electron chi connectivity index (χ3n) is 2.80. The van der Waals surface area contributed by atoms with Gasteiger partial charge in [0.25, 0.3) is 0 Å². The van der Waals surface area contributed by atoms with Crippen LogP contribution in [0.1, 0.15) is 19.4 Å². The van der Waals surface area contributed by atoms with Crippen LogP contribution < -0.4 is 5.32 Å². The highest BCUT2D eigenvalue weighted by Gasteiger charge is 2.07. The summed E-state index contributed by atoms with van der Waals surface area (Å²) in [4.78, 5) is 2.36. The van der Waals surface area contributed by atoms with Gasteiger partial charge >= 0.3 is 0 Å². The van der Waals surface area contributed by atoms with Crippen molar-refractivity contribution in [2.75, 3.05) is 6.54 Å². The zero-order chi connectivity index (χ0) is 14.5. The van der Waals surface area contributed by atoms with Crippen LogP contribution >= 0.6 is 23.4 Å². The van der Waals surface area contributed by atoms with Crippen molar-refractivity contribution in [3.8, 4) is 0 Å². The predicted octanol–water partition coefficient (Wildman–Crippen LogP) is 3.97. The maximum atomic E-state index is 6.11. The molecule has 0 saturated heterocycles. The summed E-state index contributed by atoms with van der Waals surface area (Å²) in [6, 6.07) is 6.05. The van der Waals surface area contributed by atoms with Crippen LogP contribution in [0.5, 0.6) is 0 Å². The van der Waals surface area contributed by atoms with Crippen LogP contribution in [0.25, 0.3) is 0 Å². The molecule has 0 atom stereocenters. The maximum Gasteiger partial charge on any atom is 0.0629 e. The molecule has 0 radical (unpaired) electrons. The first kappa shape index (κ1) is 15.4. The smallest absolute Gasteiger partial charge is 0.0629 e. The van der Waals surface area contributed by atoms with E-state index in [-0.39, 0.29) is 0 Å². The van der Waals surface area contributed by atoms with Crippen molar-refractivity contribution in [1.82, 2.24) is 15.1 Å². The van der Waals surface area contributed by atoms with Gasteiger partial charge in [0.1, 0.15) is 0 Å². The van der Waals surface area contributed by atoms with E-state index in [1.54, 1.807) is 11.8 Å². The molecule has 1 aromatic carbocycles. The number of benzene rings is 1. The lowest BCUT2D eigenvalue weighted by molar-refractivity contribution is 0.550. The molecule has 0 fully saturated rings. The Morgan fingerprint density at radius 1 is 1.40 bits per heavy atom. The van der Waals surface area contributed by atoms with Crippen molar-refractivity contribution in [3.05, 3.63) is 41.2 Å². The van der Waals surface area contributed by atoms with Gasteiger partial charge in [0.15, 0.2) is 0 Å². The minimum Gasteiger partial charge on any atom is -0.312 e. The quantitative estimate of drug-likeness (QED) is 0.875. The van der Waals surface area contributed by atoms with Gasteiger partial charge in [0.2, 0.25) is 0 Å². The molecule has 5 heteroatoms. The predicted molar refractivity (Wildman–Crippen MR) is 85.3 cm³/mol. The Balaban J connectivity index is 2.10. The average molecular weight is 310 g/mol. The molecule has 0 spiro atoms. The summed E-state index contributed by atoms with van der Waals surface area (Å²) in [5.41, 5.74) is 1.23. The molecule has 2 aromatic rings. The number of rotatable bonds is 6. The molecule has 0 saturated carbocycles. The van der Waals surface area contributed by atoms with E-state index in [2.05, 4.69) is 30.3 Å². The lowest BCUT2D eigenvalue weighted by Crippen LogP contribution is -2.19. The Kier molecular flexibility index (Phi) is 5.52. The lowest BCUT2D eigenvalue weighted by Gasteiger charge is -2.11. The van der Waals surface area contributed by atoms with Gasteiger partial charge in [-0.2, -0.15) is 5.10 Å².